The molecule has 112 valence electrons. The molecule has 20 heavy (non-hydrogen) atoms. The lowest BCUT2D eigenvalue weighted by Crippen LogP contribution is -2.14. The molecule has 0 aliphatic heterocycles. The van der Waals surface area contributed by atoms with E-state index >= 15 is 0 Å². The van der Waals surface area contributed by atoms with Crippen LogP contribution in [0.3, 0.4) is 0 Å². The first-order valence-electron chi connectivity index (χ1n) is 6.52. The summed E-state index contributed by atoms with van der Waals surface area (Å²) in [4.78, 5) is 10.4. The first-order chi connectivity index (χ1) is 9.29. The number of hydrogen-bond donors (Lipinski definition) is 1. The molecule has 1 aromatic carbocycles. The molecule has 1 aromatic rings. The van der Waals surface area contributed by atoms with E-state index in [1.165, 1.54) is 12.1 Å². The maximum atomic E-state index is 11.4. The molecule has 1 rings (SSSR count). The monoisotopic (exact) mass is 300 g/mol. The second-order valence-electron chi connectivity index (χ2n) is 4.77. The summed E-state index contributed by atoms with van der Waals surface area (Å²) in [6.07, 6.45) is 3.00. The Morgan fingerprint density at radius 3 is 2.35 bits per heavy atom. The van der Waals surface area contributed by atoms with E-state index in [1.807, 2.05) is 0 Å². The Hall–Kier alpha value is -1.63. The molecule has 0 saturated carbocycles. The van der Waals surface area contributed by atoms with Crippen LogP contribution in [0, 0.1) is 16.0 Å². The molecule has 0 saturated heterocycles. The van der Waals surface area contributed by atoms with E-state index < -0.39 is 14.8 Å². The fraction of sp³-hybridized carbons (Fsp3) is 0.538. The van der Waals surface area contributed by atoms with Gasteiger partial charge in [0.25, 0.3) is 5.69 Å². The molecule has 6 nitrogen and oxygen atoms in total. The average molecular weight is 300 g/mol. The van der Waals surface area contributed by atoms with Gasteiger partial charge in [-0.25, -0.2) is 8.42 Å². The van der Waals surface area contributed by atoms with Crippen LogP contribution in [-0.4, -0.2) is 26.1 Å². The Kier molecular flexibility index (Phi) is 5.50. The van der Waals surface area contributed by atoms with Gasteiger partial charge in [-0.1, -0.05) is 26.7 Å². The minimum atomic E-state index is -3.45. The van der Waals surface area contributed by atoms with Gasteiger partial charge in [0.15, 0.2) is 9.84 Å². The summed E-state index contributed by atoms with van der Waals surface area (Å²) >= 11 is 0. The van der Waals surface area contributed by atoms with Crippen molar-refractivity contribution in [1.29, 1.82) is 0 Å². The van der Waals surface area contributed by atoms with Crippen molar-refractivity contribution in [3.05, 3.63) is 28.3 Å². The SMILES string of the molecule is CCC(CC)CNc1ccc(S(C)(=O)=O)cc1[N+](=O)[O-]. The minimum Gasteiger partial charge on any atom is -0.379 e. The molecule has 0 aliphatic carbocycles. The van der Waals surface area contributed by atoms with E-state index in [0.29, 0.717) is 18.2 Å². The van der Waals surface area contributed by atoms with Crippen LogP contribution in [0.4, 0.5) is 11.4 Å². The van der Waals surface area contributed by atoms with Crippen molar-refractivity contribution in [2.75, 3.05) is 18.1 Å². The molecule has 7 heteroatoms. The van der Waals surface area contributed by atoms with Crippen LogP contribution < -0.4 is 5.32 Å². The van der Waals surface area contributed by atoms with Crippen LogP contribution in [0.15, 0.2) is 23.1 Å². The first kappa shape index (κ1) is 16.4. The molecule has 0 atom stereocenters. The number of nitrogens with zero attached hydrogens (tertiary/aromatic N) is 1. The normalized spacial score (nSPS) is 11.6. The summed E-state index contributed by atoms with van der Waals surface area (Å²) in [5, 5.41) is 14.1. The first-order valence-corrected chi connectivity index (χ1v) is 8.41. The number of anilines is 1. The van der Waals surface area contributed by atoms with Crippen molar-refractivity contribution < 1.29 is 13.3 Å². The molecule has 0 aromatic heterocycles. The number of rotatable bonds is 7. The van der Waals surface area contributed by atoms with Crippen LogP contribution in [0.1, 0.15) is 26.7 Å². The van der Waals surface area contributed by atoms with Crippen molar-refractivity contribution in [2.45, 2.75) is 31.6 Å². The maximum absolute atomic E-state index is 11.4. The second kappa shape index (κ2) is 6.69. The van der Waals surface area contributed by atoms with E-state index in [1.54, 1.807) is 0 Å². The quantitative estimate of drug-likeness (QED) is 0.617. The number of nitro groups is 1. The Bertz CT molecular complexity index is 580. The van der Waals surface area contributed by atoms with Gasteiger partial charge in [-0.3, -0.25) is 10.1 Å². The summed E-state index contributed by atoms with van der Waals surface area (Å²) in [6, 6.07) is 3.94. The Labute approximate surface area is 119 Å². The highest BCUT2D eigenvalue weighted by molar-refractivity contribution is 7.90. The lowest BCUT2D eigenvalue weighted by molar-refractivity contribution is -0.384. The van der Waals surface area contributed by atoms with Crippen LogP contribution in [0.25, 0.3) is 0 Å². The van der Waals surface area contributed by atoms with Crippen LogP contribution >= 0.6 is 0 Å². The number of hydrogen-bond acceptors (Lipinski definition) is 5. The van der Waals surface area contributed by atoms with Gasteiger partial charge >= 0.3 is 0 Å². The predicted molar refractivity (Wildman–Crippen MR) is 78.8 cm³/mol. The Morgan fingerprint density at radius 2 is 1.90 bits per heavy atom. The Balaban J connectivity index is 3.05. The topological polar surface area (TPSA) is 89.3 Å². The zero-order chi connectivity index (χ0) is 15.3. The van der Waals surface area contributed by atoms with Crippen molar-refractivity contribution in [3.8, 4) is 0 Å². The average Bonchev–Trinajstić information content (AvgIpc) is 2.38. The van der Waals surface area contributed by atoms with Crippen LogP contribution in [0.2, 0.25) is 0 Å². The van der Waals surface area contributed by atoms with E-state index in [9.17, 15) is 18.5 Å². The van der Waals surface area contributed by atoms with Crippen LogP contribution in [0.5, 0.6) is 0 Å². The lowest BCUT2D eigenvalue weighted by atomic mass is 10.0. The summed E-state index contributed by atoms with van der Waals surface area (Å²) in [6.45, 7) is 4.76. The molecule has 0 amide bonds. The van der Waals surface area contributed by atoms with Gasteiger partial charge in [-0.05, 0) is 18.1 Å². The minimum absolute atomic E-state index is 0.0442. The molecule has 0 unspecified atom stereocenters. The number of nitrogens with one attached hydrogen (secondary N) is 1. The van der Waals surface area contributed by atoms with Gasteiger partial charge < -0.3 is 5.32 Å². The van der Waals surface area contributed by atoms with E-state index in [4.69, 9.17) is 0 Å². The summed E-state index contributed by atoms with van der Waals surface area (Å²) in [7, 11) is -3.45. The predicted octanol–water partition coefficient (Wildman–Crippen LogP) is 2.85. The highest BCUT2D eigenvalue weighted by atomic mass is 32.2. The van der Waals surface area contributed by atoms with E-state index in [0.717, 1.165) is 25.2 Å². The van der Waals surface area contributed by atoms with Gasteiger partial charge in [-0.2, -0.15) is 0 Å². The van der Waals surface area contributed by atoms with E-state index in [2.05, 4.69) is 19.2 Å². The fourth-order valence-corrected chi connectivity index (χ4v) is 2.52. The summed E-state index contributed by atoms with van der Waals surface area (Å²) in [5.41, 5.74) is 0.146. The molecule has 0 bridgehead atoms. The third kappa shape index (κ3) is 4.19. The standard InChI is InChI=1S/C13H20N2O4S/c1-4-10(5-2)9-14-12-7-6-11(20(3,18)19)8-13(12)15(16)17/h6-8,10,14H,4-5,9H2,1-3H3. The zero-order valence-electron chi connectivity index (χ0n) is 11.9. The van der Waals surface area contributed by atoms with Crippen LogP contribution in [-0.2, 0) is 9.84 Å². The van der Waals surface area contributed by atoms with Gasteiger partial charge in [0.1, 0.15) is 5.69 Å². The molecule has 0 radical (unpaired) electrons. The largest absolute Gasteiger partial charge is 0.379 e. The van der Waals surface area contributed by atoms with E-state index in [-0.39, 0.29) is 10.6 Å². The molecule has 0 heterocycles. The molecule has 0 aliphatic rings. The molecule has 1 N–H and O–H groups in total. The van der Waals surface area contributed by atoms with Crippen molar-refractivity contribution >= 4 is 21.2 Å². The highest BCUT2D eigenvalue weighted by Gasteiger charge is 2.19. The summed E-state index contributed by atoms with van der Waals surface area (Å²) < 4.78 is 22.9. The zero-order valence-corrected chi connectivity index (χ0v) is 12.7. The van der Waals surface area contributed by atoms with Crippen molar-refractivity contribution in [1.82, 2.24) is 0 Å². The molecule has 0 fully saturated rings. The third-order valence-electron chi connectivity index (χ3n) is 3.33. The molecular weight excluding hydrogens is 280 g/mol. The smallest absolute Gasteiger partial charge is 0.293 e. The third-order valence-corrected chi connectivity index (χ3v) is 4.44. The van der Waals surface area contributed by atoms with Gasteiger partial charge in [-0.15, -0.1) is 0 Å². The van der Waals surface area contributed by atoms with Gasteiger partial charge in [0, 0.05) is 18.9 Å². The van der Waals surface area contributed by atoms with Crippen molar-refractivity contribution in [2.24, 2.45) is 5.92 Å². The summed E-state index contributed by atoms with van der Waals surface area (Å²) in [5.74, 6) is 0.434. The lowest BCUT2D eigenvalue weighted by Gasteiger charge is -2.14. The van der Waals surface area contributed by atoms with Crippen molar-refractivity contribution in [3.63, 3.8) is 0 Å². The molecular formula is C13H20N2O4S. The fourth-order valence-electron chi connectivity index (χ4n) is 1.87. The second-order valence-corrected chi connectivity index (χ2v) is 6.79. The van der Waals surface area contributed by atoms with Gasteiger partial charge in [0.05, 0.1) is 9.82 Å². The molecule has 0 spiro atoms. The number of benzene rings is 1. The number of sulfone groups is 1. The highest BCUT2D eigenvalue weighted by Crippen LogP contribution is 2.28. The Morgan fingerprint density at radius 1 is 1.30 bits per heavy atom. The maximum Gasteiger partial charge on any atom is 0.293 e. The van der Waals surface area contributed by atoms with Gasteiger partial charge in [0.2, 0.25) is 0 Å². The number of nitro benzene ring substituents is 1.